The summed E-state index contributed by atoms with van der Waals surface area (Å²) in [6.45, 7) is 1.98. The quantitative estimate of drug-likeness (QED) is 0.197. The second kappa shape index (κ2) is 8.65. The normalized spacial score (nSPS) is 12.2. The summed E-state index contributed by atoms with van der Waals surface area (Å²) in [4.78, 5) is 31.3. The van der Waals surface area contributed by atoms with Gasteiger partial charge in [-0.1, -0.05) is 54.2 Å². The van der Waals surface area contributed by atoms with Gasteiger partial charge in [0.25, 0.3) is 5.56 Å². The van der Waals surface area contributed by atoms with Gasteiger partial charge in [-0.05, 0) is 52.7 Å². The standard InChI is InChI=1S/C22H17BrN2O2S2/c1-14(15-7-3-2-4-8-15)25-21(27)16-9-5-6-10-17(16)24-22(25)28-13-18(26)19-11-12-20(23)29-19/h2-12,14H,13H2,1H3/t14-/m0/s1. The van der Waals surface area contributed by atoms with Crippen molar-refractivity contribution >= 4 is 55.7 Å². The van der Waals surface area contributed by atoms with Crippen molar-refractivity contribution in [3.8, 4) is 0 Å². The Morgan fingerprint density at radius 1 is 1.10 bits per heavy atom. The minimum absolute atomic E-state index is 0.0204. The average molecular weight is 485 g/mol. The molecule has 1 atom stereocenters. The molecule has 0 aliphatic heterocycles. The summed E-state index contributed by atoms with van der Waals surface area (Å²) in [6.07, 6.45) is 0. The van der Waals surface area contributed by atoms with E-state index < -0.39 is 0 Å². The molecule has 0 saturated heterocycles. The molecule has 0 fully saturated rings. The van der Waals surface area contributed by atoms with Gasteiger partial charge in [-0.2, -0.15) is 0 Å². The summed E-state index contributed by atoms with van der Waals surface area (Å²) < 4.78 is 2.62. The van der Waals surface area contributed by atoms with Gasteiger partial charge >= 0.3 is 0 Å². The van der Waals surface area contributed by atoms with Crippen molar-refractivity contribution in [3.05, 3.63) is 91.3 Å². The van der Waals surface area contributed by atoms with Crippen molar-refractivity contribution in [3.63, 3.8) is 0 Å². The SMILES string of the molecule is C[C@@H](c1ccccc1)n1c(SCC(=O)c2ccc(Br)s2)nc2ccccc2c1=O. The highest BCUT2D eigenvalue weighted by Crippen LogP contribution is 2.27. The number of benzene rings is 2. The smallest absolute Gasteiger partial charge is 0.262 e. The first-order chi connectivity index (χ1) is 14.0. The second-order valence-electron chi connectivity index (χ2n) is 6.49. The molecule has 0 unspecified atom stereocenters. The fourth-order valence-corrected chi connectivity index (χ4v) is 5.49. The van der Waals surface area contributed by atoms with Crippen LogP contribution in [0.1, 0.15) is 28.2 Å². The van der Waals surface area contributed by atoms with Crippen LogP contribution in [0.2, 0.25) is 0 Å². The van der Waals surface area contributed by atoms with Crippen molar-refractivity contribution in [2.24, 2.45) is 0 Å². The highest BCUT2D eigenvalue weighted by atomic mass is 79.9. The van der Waals surface area contributed by atoms with Crippen LogP contribution in [0.4, 0.5) is 0 Å². The summed E-state index contributed by atoms with van der Waals surface area (Å²) in [5.74, 6) is 0.242. The van der Waals surface area contributed by atoms with Gasteiger partial charge in [0, 0.05) is 0 Å². The van der Waals surface area contributed by atoms with Crippen LogP contribution in [0.5, 0.6) is 0 Å². The molecule has 0 aliphatic carbocycles. The van der Waals surface area contributed by atoms with Crippen LogP contribution in [0.15, 0.2) is 80.5 Å². The second-order valence-corrected chi connectivity index (χ2v) is 9.89. The van der Waals surface area contributed by atoms with Gasteiger partial charge in [0.15, 0.2) is 10.9 Å². The molecule has 0 spiro atoms. The van der Waals surface area contributed by atoms with Gasteiger partial charge in [-0.3, -0.25) is 14.2 Å². The minimum Gasteiger partial charge on any atom is -0.292 e. The number of para-hydroxylation sites is 1. The Bertz CT molecular complexity index is 1230. The Morgan fingerprint density at radius 3 is 2.55 bits per heavy atom. The Balaban J connectivity index is 1.75. The molecule has 2 heterocycles. The van der Waals surface area contributed by atoms with E-state index in [0.717, 1.165) is 9.35 Å². The number of nitrogens with zero attached hydrogens (tertiary/aromatic N) is 2. The lowest BCUT2D eigenvalue weighted by atomic mass is 10.1. The highest BCUT2D eigenvalue weighted by Gasteiger charge is 2.19. The van der Waals surface area contributed by atoms with E-state index in [1.165, 1.54) is 23.1 Å². The van der Waals surface area contributed by atoms with Crippen molar-refractivity contribution in [1.29, 1.82) is 0 Å². The molecule has 4 rings (SSSR count). The third-order valence-corrected chi connectivity index (χ3v) is 7.24. The largest absolute Gasteiger partial charge is 0.292 e. The summed E-state index contributed by atoms with van der Waals surface area (Å²) >= 11 is 6.11. The lowest BCUT2D eigenvalue weighted by Gasteiger charge is -2.19. The summed E-state index contributed by atoms with van der Waals surface area (Å²) in [5.41, 5.74) is 1.56. The molecule has 29 heavy (non-hydrogen) atoms. The molecule has 146 valence electrons. The molecule has 4 aromatic rings. The number of rotatable bonds is 6. The first kappa shape index (κ1) is 20.1. The van der Waals surface area contributed by atoms with E-state index in [1.807, 2.05) is 67.6 Å². The summed E-state index contributed by atoms with van der Waals surface area (Å²) in [5, 5.41) is 1.13. The number of thioether (sulfide) groups is 1. The predicted octanol–water partition coefficient (Wildman–Crippen LogP) is 5.80. The first-order valence-electron chi connectivity index (χ1n) is 9.02. The van der Waals surface area contributed by atoms with E-state index >= 15 is 0 Å². The molecule has 0 aliphatic rings. The van der Waals surface area contributed by atoms with Crippen molar-refractivity contribution in [1.82, 2.24) is 9.55 Å². The molecular formula is C22H17BrN2O2S2. The Hall–Kier alpha value is -2.22. The number of Topliss-reactive ketones (excluding diaryl/α,β-unsaturated/α-hetero) is 1. The van der Waals surface area contributed by atoms with E-state index in [2.05, 4.69) is 15.9 Å². The number of ketones is 1. The van der Waals surface area contributed by atoms with Gasteiger partial charge in [0.2, 0.25) is 0 Å². The van der Waals surface area contributed by atoms with Gasteiger partial charge in [-0.25, -0.2) is 4.98 Å². The van der Waals surface area contributed by atoms with Gasteiger partial charge < -0.3 is 0 Å². The zero-order valence-electron chi connectivity index (χ0n) is 15.5. The van der Waals surface area contributed by atoms with Crippen LogP contribution < -0.4 is 5.56 Å². The first-order valence-corrected chi connectivity index (χ1v) is 11.6. The Morgan fingerprint density at radius 2 is 1.83 bits per heavy atom. The van der Waals surface area contributed by atoms with Gasteiger partial charge in [0.1, 0.15) is 0 Å². The number of fused-ring (bicyclic) bond motifs is 1. The monoisotopic (exact) mass is 484 g/mol. The molecule has 0 saturated carbocycles. The van der Waals surface area contributed by atoms with Gasteiger partial charge in [-0.15, -0.1) is 11.3 Å². The number of carbonyl (C=O) groups excluding carboxylic acids is 1. The van der Waals surface area contributed by atoms with Crippen molar-refractivity contribution in [2.45, 2.75) is 18.1 Å². The number of carbonyl (C=O) groups is 1. The van der Waals surface area contributed by atoms with E-state index in [-0.39, 0.29) is 23.1 Å². The molecule has 0 bridgehead atoms. The van der Waals surface area contributed by atoms with Crippen molar-refractivity contribution < 1.29 is 4.79 Å². The van der Waals surface area contributed by atoms with Gasteiger partial charge in [0.05, 0.1) is 31.4 Å². The van der Waals surface area contributed by atoms with E-state index in [1.54, 1.807) is 10.6 Å². The van der Waals surface area contributed by atoms with Crippen LogP contribution in [0.3, 0.4) is 0 Å². The van der Waals surface area contributed by atoms with E-state index in [0.29, 0.717) is 20.9 Å². The molecule has 7 heteroatoms. The predicted molar refractivity (Wildman–Crippen MR) is 123 cm³/mol. The summed E-state index contributed by atoms with van der Waals surface area (Å²) in [6, 6.07) is 20.7. The van der Waals surface area contributed by atoms with E-state index in [4.69, 9.17) is 4.98 Å². The highest BCUT2D eigenvalue weighted by molar-refractivity contribution is 9.11. The zero-order chi connectivity index (χ0) is 20.4. The molecule has 0 radical (unpaired) electrons. The van der Waals surface area contributed by atoms with Crippen LogP contribution in [-0.2, 0) is 0 Å². The lowest BCUT2D eigenvalue weighted by Crippen LogP contribution is -2.27. The number of thiophene rings is 1. The number of halogens is 1. The molecule has 2 aromatic carbocycles. The van der Waals surface area contributed by atoms with Crippen LogP contribution in [-0.4, -0.2) is 21.1 Å². The maximum atomic E-state index is 13.3. The topological polar surface area (TPSA) is 52.0 Å². The molecule has 2 aromatic heterocycles. The fraction of sp³-hybridized carbons (Fsp3) is 0.136. The van der Waals surface area contributed by atoms with E-state index in [9.17, 15) is 9.59 Å². The lowest BCUT2D eigenvalue weighted by molar-refractivity contribution is 0.102. The minimum atomic E-state index is -0.200. The maximum absolute atomic E-state index is 13.3. The van der Waals surface area contributed by atoms with Crippen molar-refractivity contribution in [2.75, 3.05) is 5.75 Å². The third kappa shape index (κ3) is 4.22. The zero-order valence-corrected chi connectivity index (χ0v) is 18.8. The maximum Gasteiger partial charge on any atom is 0.262 e. The third-order valence-electron chi connectivity index (χ3n) is 4.63. The number of aromatic nitrogens is 2. The molecule has 4 nitrogen and oxygen atoms in total. The van der Waals surface area contributed by atoms with Crippen LogP contribution >= 0.6 is 39.0 Å². The molecule has 0 N–H and O–H groups in total. The van der Waals surface area contributed by atoms with Crippen LogP contribution in [0, 0.1) is 0 Å². The Labute approximate surface area is 184 Å². The summed E-state index contributed by atoms with van der Waals surface area (Å²) in [7, 11) is 0. The Kier molecular flexibility index (Phi) is 5.99. The number of hydrogen-bond donors (Lipinski definition) is 0. The van der Waals surface area contributed by atoms with Crippen LogP contribution in [0.25, 0.3) is 10.9 Å². The number of hydrogen-bond acceptors (Lipinski definition) is 5. The fourth-order valence-electron chi connectivity index (χ4n) is 3.11. The molecular weight excluding hydrogens is 468 g/mol. The average Bonchev–Trinajstić information content (AvgIpc) is 3.19. The molecule has 0 amide bonds.